The molecule has 0 N–H and O–H groups in total. The summed E-state index contributed by atoms with van der Waals surface area (Å²) >= 11 is 0. The Bertz CT molecular complexity index is 1490. The monoisotopic (exact) mass is 705 g/mol. The second kappa shape index (κ2) is 20.6. The minimum Gasteiger partial charge on any atom is -0.0654 e. The van der Waals surface area contributed by atoms with Gasteiger partial charge in [-0.15, -0.1) is 0 Å². The zero-order chi connectivity index (χ0) is 36.8. The average molecular weight is 705 g/mol. The molecule has 2 aliphatic rings. The molecule has 3 aromatic carbocycles. The Kier molecular flexibility index (Phi) is 16.2. The molecule has 0 unspecified atom stereocenters. The van der Waals surface area contributed by atoms with Gasteiger partial charge in [0.1, 0.15) is 0 Å². The lowest BCUT2D eigenvalue weighted by atomic mass is 9.61. The predicted octanol–water partition coefficient (Wildman–Crippen LogP) is 17.3. The summed E-state index contributed by atoms with van der Waals surface area (Å²) in [5.41, 5.74) is 13.6. The van der Waals surface area contributed by atoms with Crippen molar-refractivity contribution in [3.63, 3.8) is 0 Å². The van der Waals surface area contributed by atoms with Gasteiger partial charge in [-0.1, -0.05) is 229 Å². The van der Waals surface area contributed by atoms with Crippen molar-refractivity contribution in [2.45, 2.75) is 232 Å². The summed E-state index contributed by atoms with van der Waals surface area (Å²) in [6, 6.07) is 15.8. The third kappa shape index (κ3) is 9.23. The number of aryl methyl sites for hydroxylation is 2. The van der Waals surface area contributed by atoms with Crippen LogP contribution < -0.4 is 0 Å². The fraction of sp³-hybridized carbons (Fsp3) is 0.692. The molecule has 0 saturated heterocycles. The fourth-order valence-corrected chi connectivity index (χ4v) is 10.9. The number of hydrogen-bond acceptors (Lipinski definition) is 0. The van der Waals surface area contributed by atoms with Crippen molar-refractivity contribution < 1.29 is 0 Å². The van der Waals surface area contributed by atoms with Gasteiger partial charge in [-0.05, 0) is 83.7 Å². The van der Waals surface area contributed by atoms with Gasteiger partial charge in [-0.2, -0.15) is 0 Å². The molecule has 0 amide bonds. The highest BCUT2D eigenvalue weighted by Gasteiger charge is 2.50. The maximum atomic E-state index is 2.71. The summed E-state index contributed by atoms with van der Waals surface area (Å²) in [4.78, 5) is 0. The second-order valence-electron chi connectivity index (χ2n) is 17.9. The molecule has 0 spiro atoms. The van der Waals surface area contributed by atoms with Crippen LogP contribution in [0.15, 0.2) is 36.4 Å². The van der Waals surface area contributed by atoms with Gasteiger partial charge in [0, 0.05) is 10.8 Å². The van der Waals surface area contributed by atoms with E-state index in [9.17, 15) is 0 Å². The van der Waals surface area contributed by atoms with Gasteiger partial charge in [0.2, 0.25) is 0 Å². The van der Waals surface area contributed by atoms with E-state index in [1.807, 2.05) is 0 Å². The fourth-order valence-electron chi connectivity index (χ4n) is 10.9. The number of unbranched alkanes of at least 4 members (excludes halogenated alkanes) is 20. The van der Waals surface area contributed by atoms with E-state index >= 15 is 0 Å². The van der Waals surface area contributed by atoms with Crippen LogP contribution in [-0.2, 0) is 10.8 Å². The summed E-state index contributed by atoms with van der Waals surface area (Å²) in [5, 5.41) is 3.17. The maximum Gasteiger partial charge on any atom is 0.0215 e. The normalized spacial score (nSPS) is 14.9. The quantitative estimate of drug-likeness (QED) is 0.0660. The first-order valence-corrected chi connectivity index (χ1v) is 23.2. The molecule has 0 aromatic heterocycles. The molecule has 2 aliphatic carbocycles. The van der Waals surface area contributed by atoms with E-state index < -0.39 is 0 Å². The van der Waals surface area contributed by atoms with Gasteiger partial charge >= 0.3 is 0 Å². The first-order valence-electron chi connectivity index (χ1n) is 23.2. The molecule has 5 rings (SSSR count). The van der Waals surface area contributed by atoms with E-state index in [2.05, 4.69) is 77.9 Å². The van der Waals surface area contributed by atoms with Crippen LogP contribution in [0, 0.1) is 13.8 Å². The van der Waals surface area contributed by atoms with Gasteiger partial charge in [-0.3, -0.25) is 0 Å². The Morgan fingerprint density at radius 3 is 1.12 bits per heavy atom. The Morgan fingerprint density at radius 2 is 0.692 bits per heavy atom. The van der Waals surface area contributed by atoms with E-state index in [4.69, 9.17) is 0 Å². The van der Waals surface area contributed by atoms with Crippen molar-refractivity contribution in [2.24, 2.45) is 0 Å². The molecule has 288 valence electrons. The van der Waals surface area contributed by atoms with E-state index in [1.54, 1.807) is 38.8 Å². The molecule has 0 heterocycles. The Hall–Kier alpha value is -2.08. The van der Waals surface area contributed by atoms with Crippen LogP contribution in [0.5, 0.6) is 0 Å². The van der Waals surface area contributed by atoms with Crippen LogP contribution in [0.25, 0.3) is 21.9 Å². The minimum absolute atomic E-state index is 0.123. The number of rotatable bonds is 28. The van der Waals surface area contributed by atoms with Crippen LogP contribution in [-0.4, -0.2) is 0 Å². The first kappa shape index (κ1) is 41.1. The highest BCUT2D eigenvalue weighted by Crippen LogP contribution is 2.64. The van der Waals surface area contributed by atoms with Gasteiger partial charge in [0.05, 0.1) is 0 Å². The molecule has 0 atom stereocenters. The molecule has 0 bridgehead atoms. The number of benzene rings is 3. The lowest BCUT2D eigenvalue weighted by Gasteiger charge is -2.42. The first-order chi connectivity index (χ1) is 25.5. The van der Waals surface area contributed by atoms with E-state index in [1.165, 1.54) is 196 Å². The van der Waals surface area contributed by atoms with Gasteiger partial charge in [-0.25, -0.2) is 0 Å². The van der Waals surface area contributed by atoms with Gasteiger partial charge in [0.25, 0.3) is 0 Å². The van der Waals surface area contributed by atoms with Crippen molar-refractivity contribution in [1.29, 1.82) is 0 Å². The molecular weight excluding hydrogens is 625 g/mol. The third-order valence-corrected chi connectivity index (χ3v) is 13.7. The van der Waals surface area contributed by atoms with Crippen molar-refractivity contribution in [2.75, 3.05) is 0 Å². The lowest BCUT2D eigenvalue weighted by Crippen LogP contribution is -2.32. The summed E-state index contributed by atoms with van der Waals surface area (Å²) in [6.07, 6.45) is 38.4. The maximum absolute atomic E-state index is 2.71. The third-order valence-electron chi connectivity index (χ3n) is 13.7. The van der Waals surface area contributed by atoms with Crippen LogP contribution in [0.1, 0.15) is 241 Å². The van der Waals surface area contributed by atoms with Crippen LogP contribution in [0.2, 0.25) is 0 Å². The molecule has 3 aromatic rings. The van der Waals surface area contributed by atoms with E-state index in [0.717, 1.165) is 0 Å². The van der Waals surface area contributed by atoms with Crippen molar-refractivity contribution >= 4 is 10.8 Å². The average Bonchev–Trinajstić information content (AvgIpc) is 3.41. The minimum atomic E-state index is 0.123. The summed E-state index contributed by atoms with van der Waals surface area (Å²) in [6.45, 7) is 14.2. The summed E-state index contributed by atoms with van der Waals surface area (Å²) in [7, 11) is 0. The van der Waals surface area contributed by atoms with Gasteiger partial charge in [0.15, 0.2) is 0 Å². The van der Waals surface area contributed by atoms with E-state index in [0.29, 0.717) is 0 Å². The second-order valence-corrected chi connectivity index (χ2v) is 17.9. The topological polar surface area (TPSA) is 0 Å². The van der Waals surface area contributed by atoms with Crippen LogP contribution in [0.3, 0.4) is 0 Å². The molecule has 0 aliphatic heterocycles. The predicted molar refractivity (Wildman–Crippen MR) is 232 cm³/mol. The Balaban J connectivity index is 1.63. The molecule has 0 radical (unpaired) electrons. The standard InChI is InChI=1S/C52H80/c1-7-11-15-19-23-27-33-51(34-28-24-20-16-12-8-2)44-32-31-43-37-41(5)38-45-48(43)50(44)49-46(51)39-42(6)40-47(49)52(45,35-29-25-21-17-13-9-3)36-30-26-22-18-14-10-4/h31-32,37-40H,7-30,33-36H2,1-6H3. The van der Waals surface area contributed by atoms with Crippen molar-refractivity contribution in [1.82, 2.24) is 0 Å². The molecule has 0 nitrogen and oxygen atoms in total. The highest BCUT2D eigenvalue weighted by molar-refractivity contribution is 6.08. The smallest absolute Gasteiger partial charge is 0.0215 e. The zero-order valence-electron chi connectivity index (χ0n) is 35.3. The van der Waals surface area contributed by atoms with E-state index in [-0.39, 0.29) is 10.8 Å². The van der Waals surface area contributed by atoms with Crippen LogP contribution >= 0.6 is 0 Å². The van der Waals surface area contributed by atoms with Crippen molar-refractivity contribution in [3.05, 3.63) is 69.8 Å². The largest absolute Gasteiger partial charge is 0.0654 e. The summed E-state index contributed by atoms with van der Waals surface area (Å²) in [5.74, 6) is 0. The van der Waals surface area contributed by atoms with Crippen LogP contribution in [0.4, 0.5) is 0 Å². The van der Waals surface area contributed by atoms with Crippen molar-refractivity contribution in [3.8, 4) is 11.1 Å². The highest BCUT2D eigenvalue weighted by atomic mass is 14.5. The molecule has 0 saturated carbocycles. The summed E-state index contributed by atoms with van der Waals surface area (Å²) < 4.78 is 0. The lowest BCUT2D eigenvalue weighted by molar-refractivity contribution is 0.389. The zero-order valence-corrected chi connectivity index (χ0v) is 35.3. The molecule has 52 heavy (non-hydrogen) atoms. The SMILES string of the molecule is CCCCCCCCC1(CCCCCCCC)c2cc(C)cc3c2-c2c1ccc1cc(C)cc(c21)C3(CCCCCCCC)CCCCCCCC. The molecular formula is C52H80. The van der Waals surface area contributed by atoms with Gasteiger partial charge < -0.3 is 0 Å². The number of hydrogen-bond donors (Lipinski definition) is 0. The molecule has 0 heteroatoms. The molecule has 0 fully saturated rings. The Labute approximate surface area is 322 Å². The Morgan fingerprint density at radius 1 is 0.346 bits per heavy atom.